The number of hydrogen-bond donors (Lipinski definition) is 1. The molecule has 0 atom stereocenters. The molecule has 0 radical (unpaired) electrons. The molecule has 2 nitrogen and oxygen atoms in total. The number of ether oxygens (including phenoxy) is 1. The summed E-state index contributed by atoms with van der Waals surface area (Å²) in [6.45, 7) is 5.75. The topological polar surface area (TPSA) is 21.3 Å². The number of halogens is 1. The van der Waals surface area contributed by atoms with Gasteiger partial charge in [0.2, 0.25) is 0 Å². The Morgan fingerprint density at radius 2 is 1.85 bits per heavy atom. The van der Waals surface area contributed by atoms with E-state index in [4.69, 9.17) is 4.74 Å². The summed E-state index contributed by atoms with van der Waals surface area (Å²) in [4.78, 5) is 0. The summed E-state index contributed by atoms with van der Waals surface area (Å²) in [5.41, 5.74) is 3.63. The van der Waals surface area contributed by atoms with Crippen LogP contribution in [0.5, 0.6) is 5.75 Å². The van der Waals surface area contributed by atoms with Gasteiger partial charge in [0.25, 0.3) is 0 Å². The fraction of sp³-hybridized carbons (Fsp3) is 0.294. The highest BCUT2D eigenvalue weighted by Gasteiger charge is 2.02. The normalized spacial score (nSPS) is 10.3. The quantitative estimate of drug-likeness (QED) is 0.788. The van der Waals surface area contributed by atoms with Gasteiger partial charge in [0.05, 0.1) is 11.1 Å². The first-order valence-corrected chi connectivity index (χ1v) is 7.70. The molecule has 1 N–H and O–H groups in total. The highest BCUT2D eigenvalue weighted by Crippen LogP contribution is 2.26. The minimum absolute atomic E-state index is 0.750. The zero-order chi connectivity index (χ0) is 14.4. The van der Waals surface area contributed by atoms with E-state index in [9.17, 15) is 0 Å². The third-order valence-corrected chi connectivity index (χ3v) is 3.63. The Morgan fingerprint density at radius 1 is 1.10 bits per heavy atom. The van der Waals surface area contributed by atoms with Crippen LogP contribution in [0.4, 0.5) is 5.69 Å². The summed E-state index contributed by atoms with van der Waals surface area (Å²) in [7, 11) is 0. The maximum absolute atomic E-state index is 5.65. The van der Waals surface area contributed by atoms with E-state index < -0.39 is 0 Å². The summed E-state index contributed by atoms with van der Waals surface area (Å²) in [6, 6.07) is 14.6. The Morgan fingerprint density at radius 3 is 2.50 bits per heavy atom. The molecule has 0 saturated carbocycles. The smallest absolute Gasteiger partial charge is 0.133 e. The van der Waals surface area contributed by atoms with Crippen molar-refractivity contribution < 1.29 is 4.74 Å². The van der Waals surface area contributed by atoms with Crippen molar-refractivity contribution in [2.24, 2.45) is 0 Å². The van der Waals surface area contributed by atoms with Gasteiger partial charge >= 0.3 is 0 Å². The average molecular weight is 334 g/mol. The molecule has 0 amide bonds. The largest absolute Gasteiger partial charge is 0.492 e. The molecule has 0 saturated heterocycles. The summed E-state index contributed by atoms with van der Waals surface area (Å²) >= 11 is 3.56. The molecule has 0 aliphatic heterocycles. The highest BCUT2D eigenvalue weighted by atomic mass is 79.9. The summed E-state index contributed by atoms with van der Waals surface area (Å²) in [5.74, 6) is 0.908. The molecule has 0 aliphatic rings. The van der Waals surface area contributed by atoms with Gasteiger partial charge in [0.15, 0.2) is 0 Å². The van der Waals surface area contributed by atoms with Crippen molar-refractivity contribution in [3.63, 3.8) is 0 Å². The fourth-order valence-electron chi connectivity index (χ4n) is 1.86. The molecule has 0 bridgehead atoms. The van der Waals surface area contributed by atoms with Crippen molar-refractivity contribution in [2.45, 2.75) is 26.8 Å². The lowest BCUT2D eigenvalue weighted by molar-refractivity contribution is 0.315. The van der Waals surface area contributed by atoms with Crippen LogP contribution in [-0.4, -0.2) is 6.61 Å². The number of nitrogens with one attached hydrogen (secondary N) is 1. The molecule has 0 fully saturated rings. The lowest BCUT2D eigenvalue weighted by atomic mass is 10.2. The van der Waals surface area contributed by atoms with E-state index >= 15 is 0 Å². The van der Waals surface area contributed by atoms with E-state index in [0.717, 1.165) is 35.5 Å². The molecule has 2 aromatic rings. The number of rotatable bonds is 6. The van der Waals surface area contributed by atoms with Crippen LogP contribution in [0.25, 0.3) is 0 Å². The lowest BCUT2D eigenvalue weighted by Gasteiger charge is -2.10. The molecular formula is C17H20BrNO. The van der Waals surface area contributed by atoms with Crippen LogP contribution in [0.1, 0.15) is 24.5 Å². The Kier molecular flexibility index (Phi) is 5.48. The van der Waals surface area contributed by atoms with Gasteiger partial charge in [-0.15, -0.1) is 0 Å². The van der Waals surface area contributed by atoms with Crippen LogP contribution in [0.3, 0.4) is 0 Å². The Balaban J connectivity index is 1.96. The first kappa shape index (κ1) is 14.9. The van der Waals surface area contributed by atoms with Gasteiger partial charge in [-0.25, -0.2) is 0 Å². The summed E-state index contributed by atoms with van der Waals surface area (Å²) < 4.78 is 6.66. The minimum Gasteiger partial charge on any atom is -0.492 e. The molecule has 2 rings (SSSR count). The van der Waals surface area contributed by atoms with Crippen LogP contribution in [-0.2, 0) is 6.54 Å². The predicted octanol–water partition coefficient (Wildman–Crippen LogP) is 5.16. The Hall–Kier alpha value is -1.48. The molecule has 106 valence electrons. The van der Waals surface area contributed by atoms with Crippen LogP contribution < -0.4 is 10.1 Å². The second-order valence-corrected chi connectivity index (χ2v) is 5.69. The van der Waals surface area contributed by atoms with E-state index in [0.29, 0.717) is 0 Å². The zero-order valence-corrected chi connectivity index (χ0v) is 13.5. The molecule has 3 heteroatoms. The molecule has 0 heterocycles. The van der Waals surface area contributed by atoms with Crippen molar-refractivity contribution >= 4 is 21.6 Å². The second-order valence-electron chi connectivity index (χ2n) is 4.83. The molecule has 0 aliphatic carbocycles. The first-order chi connectivity index (χ1) is 9.69. The van der Waals surface area contributed by atoms with Gasteiger partial charge in [-0.2, -0.15) is 0 Å². The monoisotopic (exact) mass is 333 g/mol. The van der Waals surface area contributed by atoms with Gasteiger partial charge in [0.1, 0.15) is 5.75 Å². The second kappa shape index (κ2) is 7.34. The van der Waals surface area contributed by atoms with Crippen molar-refractivity contribution in [3.05, 3.63) is 58.1 Å². The van der Waals surface area contributed by atoms with Crippen LogP contribution in [0.2, 0.25) is 0 Å². The van der Waals surface area contributed by atoms with Gasteiger partial charge < -0.3 is 10.1 Å². The molecule has 0 spiro atoms. The van der Waals surface area contributed by atoms with E-state index in [2.05, 4.69) is 71.5 Å². The molecular weight excluding hydrogens is 314 g/mol. The van der Waals surface area contributed by atoms with Crippen LogP contribution >= 0.6 is 15.9 Å². The van der Waals surface area contributed by atoms with E-state index in [-0.39, 0.29) is 0 Å². The summed E-state index contributed by atoms with van der Waals surface area (Å²) in [6.07, 6.45) is 1.02. The van der Waals surface area contributed by atoms with Gasteiger partial charge in [-0.05, 0) is 59.1 Å². The van der Waals surface area contributed by atoms with Crippen molar-refractivity contribution in [1.82, 2.24) is 0 Å². The highest BCUT2D eigenvalue weighted by molar-refractivity contribution is 9.10. The van der Waals surface area contributed by atoms with Crippen LogP contribution in [0, 0.1) is 6.92 Å². The van der Waals surface area contributed by atoms with Crippen molar-refractivity contribution in [1.29, 1.82) is 0 Å². The van der Waals surface area contributed by atoms with Crippen molar-refractivity contribution in [3.8, 4) is 5.75 Å². The maximum Gasteiger partial charge on any atom is 0.133 e. The number of aryl methyl sites for hydroxylation is 1. The number of hydrogen-bond acceptors (Lipinski definition) is 2. The predicted molar refractivity (Wildman–Crippen MR) is 88.4 cm³/mol. The maximum atomic E-state index is 5.65. The lowest BCUT2D eigenvalue weighted by Crippen LogP contribution is -2.00. The number of benzene rings is 2. The standard InChI is InChI=1S/C17H20BrNO/c1-3-10-20-17-9-6-14(11-16(17)18)12-19-15-7-4-13(2)5-8-15/h4-9,11,19H,3,10,12H2,1-2H3. The SMILES string of the molecule is CCCOc1ccc(CNc2ccc(C)cc2)cc1Br. The van der Waals surface area contributed by atoms with Gasteiger partial charge in [0, 0.05) is 12.2 Å². The molecule has 2 aromatic carbocycles. The third kappa shape index (κ3) is 4.27. The first-order valence-electron chi connectivity index (χ1n) is 6.91. The summed E-state index contributed by atoms with van der Waals surface area (Å²) in [5, 5.41) is 3.42. The van der Waals surface area contributed by atoms with Gasteiger partial charge in [-0.1, -0.05) is 30.7 Å². The average Bonchev–Trinajstić information content (AvgIpc) is 2.46. The van der Waals surface area contributed by atoms with Crippen molar-refractivity contribution in [2.75, 3.05) is 11.9 Å². The van der Waals surface area contributed by atoms with E-state index in [1.165, 1.54) is 11.1 Å². The minimum atomic E-state index is 0.750. The van der Waals surface area contributed by atoms with E-state index in [1.807, 2.05) is 6.07 Å². The third-order valence-electron chi connectivity index (χ3n) is 3.01. The zero-order valence-electron chi connectivity index (χ0n) is 11.9. The Bertz CT molecular complexity index is 551. The molecule has 0 unspecified atom stereocenters. The Labute approximate surface area is 129 Å². The van der Waals surface area contributed by atoms with Gasteiger partial charge in [-0.3, -0.25) is 0 Å². The fourth-order valence-corrected chi connectivity index (χ4v) is 2.40. The van der Waals surface area contributed by atoms with Crippen LogP contribution in [0.15, 0.2) is 46.9 Å². The molecule has 0 aromatic heterocycles. The van der Waals surface area contributed by atoms with E-state index in [1.54, 1.807) is 0 Å². The molecule has 20 heavy (non-hydrogen) atoms. The number of anilines is 1.